The fourth-order valence-electron chi connectivity index (χ4n) is 1.75. The van der Waals surface area contributed by atoms with E-state index in [-0.39, 0.29) is 0 Å². The van der Waals surface area contributed by atoms with Crippen LogP contribution in [0.5, 0.6) is 0 Å². The first kappa shape index (κ1) is 13.4. The maximum atomic E-state index is 11.7. The minimum absolute atomic E-state index is 0.481. The predicted octanol–water partition coefficient (Wildman–Crippen LogP) is 2.54. The van der Waals surface area contributed by atoms with Crippen LogP contribution in [-0.4, -0.2) is 25.1 Å². The van der Waals surface area contributed by atoms with Crippen molar-refractivity contribution in [3.05, 3.63) is 24.5 Å². The van der Waals surface area contributed by atoms with Crippen molar-refractivity contribution in [2.75, 3.05) is 5.32 Å². The molecule has 2 aromatic rings. The standard InChI is InChI=1S/C14H16BNO3/c1-14(2,3)19-13(17)16-10-7-9-5-6-18-12(9)11(8-10)15-4/h5-8H,4H2,1-3H3,(H,16,17). The molecule has 1 amide bonds. The molecule has 0 radical (unpaired) electrons. The summed E-state index contributed by atoms with van der Waals surface area (Å²) in [6.07, 6.45) is 1.12. The topological polar surface area (TPSA) is 51.5 Å². The number of carbonyl (C=O) groups excluding carboxylic acids is 1. The Bertz CT molecular complexity index is 625. The van der Waals surface area contributed by atoms with Crippen molar-refractivity contribution in [3.8, 4) is 0 Å². The fourth-order valence-corrected chi connectivity index (χ4v) is 1.75. The predicted molar refractivity (Wildman–Crippen MR) is 78.6 cm³/mol. The molecule has 19 heavy (non-hydrogen) atoms. The van der Waals surface area contributed by atoms with E-state index in [4.69, 9.17) is 9.15 Å². The number of carbonyl (C=O) groups is 1. The molecular formula is C14H16BNO3. The Morgan fingerprint density at radius 2 is 2.16 bits per heavy atom. The Kier molecular flexibility index (Phi) is 3.47. The molecule has 0 saturated heterocycles. The molecule has 2 rings (SSSR count). The van der Waals surface area contributed by atoms with Crippen LogP contribution in [0, 0.1) is 0 Å². The summed E-state index contributed by atoms with van der Waals surface area (Å²) in [4.78, 5) is 11.7. The van der Waals surface area contributed by atoms with Gasteiger partial charge in [-0.25, -0.2) is 0 Å². The molecule has 4 nitrogen and oxygen atoms in total. The summed E-state index contributed by atoms with van der Waals surface area (Å²) in [5.41, 5.74) is 1.71. The molecular weight excluding hydrogens is 241 g/mol. The number of hydrogen-bond donors (Lipinski definition) is 1. The molecule has 0 unspecified atom stereocenters. The van der Waals surface area contributed by atoms with Crippen LogP contribution in [0.25, 0.3) is 11.0 Å². The molecule has 0 atom stereocenters. The van der Waals surface area contributed by atoms with Crippen molar-refractivity contribution < 1.29 is 13.9 Å². The van der Waals surface area contributed by atoms with E-state index in [1.165, 1.54) is 0 Å². The number of amides is 1. The van der Waals surface area contributed by atoms with Crippen LogP contribution in [0.2, 0.25) is 0 Å². The van der Waals surface area contributed by atoms with Gasteiger partial charge in [-0.2, -0.15) is 0 Å². The molecule has 0 aliphatic rings. The number of fused-ring (bicyclic) bond motifs is 1. The molecule has 5 heteroatoms. The van der Waals surface area contributed by atoms with Crippen LogP contribution in [0.4, 0.5) is 10.5 Å². The van der Waals surface area contributed by atoms with Gasteiger partial charge in [0, 0.05) is 0 Å². The second kappa shape index (κ2) is 4.92. The monoisotopic (exact) mass is 257 g/mol. The van der Waals surface area contributed by atoms with Crippen LogP contribution in [0.1, 0.15) is 20.8 Å². The van der Waals surface area contributed by atoms with Gasteiger partial charge in [0.25, 0.3) is 0 Å². The number of hydrogen-bond acceptors (Lipinski definition) is 3. The molecule has 1 aromatic heterocycles. The number of anilines is 1. The van der Waals surface area contributed by atoms with E-state index in [1.807, 2.05) is 32.9 Å². The second-order valence-corrected chi connectivity index (χ2v) is 5.24. The van der Waals surface area contributed by atoms with Gasteiger partial charge < -0.3 is 0 Å². The Hall–Kier alpha value is -2.04. The normalized spacial score (nSPS) is 11.1. The van der Waals surface area contributed by atoms with Crippen LogP contribution < -0.4 is 10.8 Å². The van der Waals surface area contributed by atoms with Gasteiger partial charge in [0.2, 0.25) is 0 Å². The van der Waals surface area contributed by atoms with E-state index in [1.54, 1.807) is 19.3 Å². The van der Waals surface area contributed by atoms with Gasteiger partial charge >= 0.3 is 112 Å². The molecule has 0 aliphatic heterocycles. The average molecular weight is 257 g/mol. The number of ether oxygens (including phenoxy) is 1. The van der Waals surface area contributed by atoms with E-state index in [2.05, 4.69) is 11.8 Å². The maximum absolute atomic E-state index is 11.7. The van der Waals surface area contributed by atoms with Crippen LogP contribution in [-0.2, 0) is 4.74 Å². The van der Waals surface area contributed by atoms with Crippen LogP contribution >= 0.6 is 0 Å². The van der Waals surface area contributed by atoms with Gasteiger partial charge in [0.1, 0.15) is 0 Å². The first-order valence-corrected chi connectivity index (χ1v) is 6.03. The molecule has 1 heterocycles. The molecule has 0 saturated carbocycles. The van der Waals surface area contributed by atoms with Crippen molar-refractivity contribution in [2.24, 2.45) is 0 Å². The van der Waals surface area contributed by atoms with E-state index in [0.29, 0.717) is 5.69 Å². The molecule has 1 N–H and O–H groups in total. The van der Waals surface area contributed by atoms with Gasteiger partial charge in [0.05, 0.1) is 0 Å². The summed E-state index contributed by atoms with van der Waals surface area (Å²) in [5.74, 6) is 0. The number of nitrogens with one attached hydrogen (secondary N) is 1. The first-order chi connectivity index (χ1) is 8.89. The van der Waals surface area contributed by atoms with Gasteiger partial charge in [-0.05, 0) is 0 Å². The van der Waals surface area contributed by atoms with E-state index >= 15 is 0 Å². The minimum atomic E-state index is -0.523. The number of rotatable bonds is 2. The molecule has 1 aromatic carbocycles. The fraction of sp³-hybridized carbons (Fsp3) is 0.286. The third-order valence-corrected chi connectivity index (χ3v) is 2.45. The molecule has 0 bridgehead atoms. The SMILES string of the molecule is C=Bc1cc(NC(=O)OC(C)(C)C)cc2ccoc12. The van der Waals surface area contributed by atoms with Gasteiger partial charge in [-0.1, -0.05) is 0 Å². The molecule has 98 valence electrons. The van der Waals surface area contributed by atoms with Gasteiger partial charge in [-0.3, -0.25) is 0 Å². The van der Waals surface area contributed by atoms with Crippen molar-refractivity contribution in [1.82, 2.24) is 0 Å². The zero-order valence-corrected chi connectivity index (χ0v) is 11.3. The number of benzene rings is 1. The summed E-state index contributed by atoms with van der Waals surface area (Å²) in [5, 5.41) is 3.61. The van der Waals surface area contributed by atoms with Crippen LogP contribution in [0.15, 0.2) is 28.9 Å². The van der Waals surface area contributed by atoms with Crippen molar-refractivity contribution >= 4 is 41.6 Å². The zero-order valence-electron chi connectivity index (χ0n) is 11.3. The summed E-state index contributed by atoms with van der Waals surface area (Å²) in [6, 6.07) is 5.46. The molecule has 0 spiro atoms. The van der Waals surface area contributed by atoms with Crippen LogP contribution in [0.3, 0.4) is 0 Å². The van der Waals surface area contributed by atoms with E-state index < -0.39 is 11.7 Å². The zero-order chi connectivity index (χ0) is 14.0. The van der Waals surface area contributed by atoms with E-state index in [0.717, 1.165) is 16.4 Å². The Morgan fingerprint density at radius 3 is 2.79 bits per heavy atom. The van der Waals surface area contributed by atoms with Crippen molar-refractivity contribution in [1.29, 1.82) is 0 Å². The third-order valence-electron chi connectivity index (χ3n) is 2.45. The number of furan rings is 1. The first-order valence-electron chi connectivity index (χ1n) is 6.03. The third kappa shape index (κ3) is 3.25. The van der Waals surface area contributed by atoms with Gasteiger partial charge in [0.15, 0.2) is 0 Å². The molecule has 0 aliphatic carbocycles. The average Bonchev–Trinajstić information content (AvgIpc) is 2.73. The van der Waals surface area contributed by atoms with Crippen molar-refractivity contribution in [2.45, 2.75) is 26.4 Å². The quantitative estimate of drug-likeness (QED) is 0.841. The van der Waals surface area contributed by atoms with Gasteiger partial charge in [-0.15, -0.1) is 0 Å². The summed E-state index contributed by atoms with van der Waals surface area (Å²) in [6.45, 7) is 10.9. The second-order valence-electron chi connectivity index (χ2n) is 5.24. The molecule has 0 fully saturated rings. The Morgan fingerprint density at radius 1 is 1.42 bits per heavy atom. The summed E-state index contributed by atoms with van der Waals surface area (Å²) in [7, 11) is 0. The Balaban J connectivity index is 2.26. The Labute approximate surface area is 112 Å². The summed E-state index contributed by atoms with van der Waals surface area (Å²) < 4.78 is 10.6. The summed E-state index contributed by atoms with van der Waals surface area (Å²) >= 11 is 0. The van der Waals surface area contributed by atoms with Crippen molar-refractivity contribution in [3.63, 3.8) is 0 Å². The van der Waals surface area contributed by atoms with E-state index in [9.17, 15) is 4.79 Å².